The molecule has 0 spiro atoms. The Bertz CT molecular complexity index is 166. The number of hydrogen-bond acceptors (Lipinski definition) is 2. The molecule has 0 aliphatic carbocycles. The second-order valence-corrected chi connectivity index (χ2v) is 6.21. The van der Waals surface area contributed by atoms with Crippen LogP contribution in [0.15, 0.2) is 0 Å². The van der Waals surface area contributed by atoms with Crippen LogP contribution in [0.5, 0.6) is 0 Å². The van der Waals surface area contributed by atoms with Crippen molar-refractivity contribution in [2.75, 3.05) is 6.61 Å². The van der Waals surface area contributed by atoms with Crippen molar-refractivity contribution in [2.45, 2.75) is 110 Å². The molecule has 2 nitrogen and oxygen atoms in total. The van der Waals surface area contributed by atoms with Crippen molar-refractivity contribution >= 4 is 0 Å². The summed E-state index contributed by atoms with van der Waals surface area (Å²) in [7, 11) is 0. The zero-order chi connectivity index (χ0) is 15.1. The van der Waals surface area contributed by atoms with Gasteiger partial charge in [0.15, 0.2) is 0 Å². The van der Waals surface area contributed by atoms with Gasteiger partial charge in [0.25, 0.3) is 0 Å². The molecule has 1 unspecified atom stereocenters. The summed E-state index contributed by atoms with van der Waals surface area (Å²) in [6.07, 6.45) is 15.6. The molecule has 0 aromatic carbocycles. The molecule has 0 bridgehead atoms. The summed E-state index contributed by atoms with van der Waals surface area (Å²) in [5.74, 6) is 0. The maximum Gasteiger partial charge on any atom is 0.0745 e. The summed E-state index contributed by atoms with van der Waals surface area (Å²) < 4.78 is 5.87. The number of hydrogen-bond donors (Lipinski definition) is 1. The lowest BCUT2D eigenvalue weighted by molar-refractivity contribution is -0.0118. The van der Waals surface area contributed by atoms with Gasteiger partial charge in [-0.1, -0.05) is 78.1 Å². The fourth-order valence-electron chi connectivity index (χ4n) is 2.54. The zero-order valence-corrected chi connectivity index (χ0v) is 14.2. The predicted molar refractivity (Wildman–Crippen MR) is 88.2 cm³/mol. The van der Waals surface area contributed by atoms with Crippen molar-refractivity contribution in [3.05, 3.63) is 0 Å². The highest BCUT2D eigenvalue weighted by Gasteiger charge is 2.10. The van der Waals surface area contributed by atoms with E-state index in [1.165, 1.54) is 77.0 Å². The molecule has 0 aliphatic rings. The third-order valence-electron chi connectivity index (χ3n) is 3.83. The Hall–Kier alpha value is -0.0800. The van der Waals surface area contributed by atoms with Crippen LogP contribution in [0.25, 0.3) is 0 Å². The highest BCUT2D eigenvalue weighted by molar-refractivity contribution is 4.61. The third kappa shape index (κ3) is 14.3. The maximum absolute atomic E-state index is 9.36. The predicted octanol–water partition coefficient (Wildman–Crippen LogP) is 5.47. The van der Waals surface area contributed by atoms with Gasteiger partial charge in [0.2, 0.25) is 0 Å². The molecule has 0 aromatic rings. The van der Waals surface area contributed by atoms with Crippen molar-refractivity contribution in [1.82, 2.24) is 0 Å². The first-order valence-electron chi connectivity index (χ1n) is 9.00. The van der Waals surface area contributed by atoms with Crippen LogP contribution in [0.4, 0.5) is 0 Å². The zero-order valence-electron chi connectivity index (χ0n) is 14.2. The van der Waals surface area contributed by atoms with Gasteiger partial charge in [0.05, 0.1) is 18.8 Å². The SMILES string of the molecule is CCCCCCCC(CCCCCCC)OCC(C)O. The number of ether oxygens (including phenoxy) is 1. The van der Waals surface area contributed by atoms with E-state index in [1.807, 2.05) is 0 Å². The first-order valence-corrected chi connectivity index (χ1v) is 9.00. The summed E-state index contributed by atoms with van der Waals surface area (Å²) in [6, 6.07) is 0. The Morgan fingerprint density at radius 1 is 0.750 bits per heavy atom. The normalized spacial score (nSPS) is 13.1. The van der Waals surface area contributed by atoms with Gasteiger partial charge in [-0.25, -0.2) is 0 Å². The first-order chi connectivity index (χ1) is 9.70. The molecule has 2 heteroatoms. The van der Waals surface area contributed by atoms with Crippen molar-refractivity contribution in [1.29, 1.82) is 0 Å². The van der Waals surface area contributed by atoms with Crippen LogP contribution in [0.1, 0.15) is 97.8 Å². The van der Waals surface area contributed by atoms with Crippen LogP contribution in [0.2, 0.25) is 0 Å². The molecular weight excluding hydrogens is 248 g/mol. The molecule has 20 heavy (non-hydrogen) atoms. The van der Waals surface area contributed by atoms with Crippen LogP contribution in [-0.4, -0.2) is 23.9 Å². The first kappa shape index (κ1) is 19.9. The minimum atomic E-state index is -0.335. The van der Waals surface area contributed by atoms with E-state index in [1.54, 1.807) is 6.92 Å². The molecule has 0 aromatic heterocycles. The maximum atomic E-state index is 9.36. The minimum absolute atomic E-state index is 0.335. The number of aliphatic hydroxyl groups is 1. The van der Waals surface area contributed by atoms with Crippen molar-refractivity contribution in [3.8, 4) is 0 Å². The highest BCUT2D eigenvalue weighted by atomic mass is 16.5. The van der Waals surface area contributed by atoms with Crippen molar-refractivity contribution < 1.29 is 9.84 Å². The number of aliphatic hydroxyl groups excluding tert-OH is 1. The lowest BCUT2D eigenvalue weighted by atomic mass is 10.0. The van der Waals surface area contributed by atoms with Gasteiger partial charge >= 0.3 is 0 Å². The highest BCUT2D eigenvalue weighted by Crippen LogP contribution is 2.16. The molecule has 1 atom stereocenters. The molecule has 0 amide bonds. The van der Waals surface area contributed by atoms with E-state index >= 15 is 0 Å². The van der Waals surface area contributed by atoms with Gasteiger partial charge in [-0.05, 0) is 19.8 Å². The molecule has 1 N–H and O–H groups in total. The monoisotopic (exact) mass is 286 g/mol. The molecule has 0 heterocycles. The second kappa shape index (κ2) is 15.3. The van der Waals surface area contributed by atoms with Crippen LogP contribution >= 0.6 is 0 Å². The van der Waals surface area contributed by atoms with E-state index in [9.17, 15) is 5.11 Å². The number of rotatable bonds is 15. The smallest absolute Gasteiger partial charge is 0.0745 e. The minimum Gasteiger partial charge on any atom is -0.391 e. The van der Waals surface area contributed by atoms with Gasteiger partial charge in [0, 0.05) is 0 Å². The van der Waals surface area contributed by atoms with E-state index in [4.69, 9.17) is 4.74 Å². The molecule has 0 saturated heterocycles. The largest absolute Gasteiger partial charge is 0.391 e. The Balaban J connectivity index is 3.70. The molecular formula is C18H38O2. The van der Waals surface area contributed by atoms with E-state index < -0.39 is 0 Å². The summed E-state index contributed by atoms with van der Waals surface area (Å²) in [5, 5.41) is 9.36. The lowest BCUT2D eigenvalue weighted by Gasteiger charge is -2.19. The standard InChI is InChI=1S/C18H38O2/c1-4-6-8-10-12-14-18(20-16-17(3)19)15-13-11-9-7-5-2/h17-19H,4-16H2,1-3H3. The summed E-state index contributed by atoms with van der Waals surface area (Å²) in [6.45, 7) is 6.81. The Labute approximate surface area is 127 Å². The van der Waals surface area contributed by atoms with Crippen LogP contribution < -0.4 is 0 Å². The lowest BCUT2D eigenvalue weighted by Crippen LogP contribution is -2.19. The molecule has 122 valence electrons. The van der Waals surface area contributed by atoms with Gasteiger partial charge < -0.3 is 9.84 Å². The topological polar surface area (TPSA) is 29.5 Å². The second-order valence-electron chi connectivity index (χ2n) is 6.21. The fraction of sp³-hybridized carbons (Fsp3) is 1.00. The quantitative estimate of drug-likeness (QED) is 0.404. The summed E-state index contributed by atoms with van der Waals surface area (Å²) in [4.78, 5) is 0. The Morgan fingerprint density at radius 2 is 1.20 bits per heavy atom. The van der Waals surface area contributed by atoms with Gasteiger partial charge in [-0.15, -0.1) is 0 Å². The molecule has 0 radical (unpaired) electrons. The van der Waals surface area contributed by atoms with E-state index in [0.717, 1.165) is 0 Å². The van der Waals surface area contributed by atoms with Crippen LogP contribution in [0, 0.1) is 0 Å². The summed E-state index contributed by atoms with van der Waals surface area (Å²) in [5.41, 5.74) is 0. The van der Waals surface area contributed by atoms with Gasteiger partial charge in [0.1, 0.15) is 0 Å². The Kier molecular flexibility index (Phi) is 15.3. The van der Waals surface area contributed by atoms with Gasteiger partial charge in [-0.2, -0.15) is 0 Å². The average molecular weight is 286 g/mol. The molecule has 0 aliphatic heterocycles. The van der Waals surface area contributed by atoms with E-state index in [0.29, 0.717) is 12.7 Å². The fourth-order valence-corrected chi connectivity index (χ4v) is 2.54. The number of unbranched alkanes of at least 4 members (excludes halogenated alkanes) is 8. The van der Waals surface area contributed by atoms with Crippen molar-refractivity contribution in [2.24, 2.45) is 0 Å². The third-order valence-corrected chi connectivity index (χ3v) is 3.83. The van der Waals surface area contributed by atoms with Crippen LogP contribution in [0.3, 0.4) is 0 Å². The van der Waals surface area contributed by atoms with Gasteiger partial charge in [-0.3, -0.25) is 0 Å². The van der Waals surface area contributed by atoms with E-state index in [2.05, 4.69) is 13.8 Å². The molecule has 0 rings (SSSR count). The van der Waals surface area contributed by atoms with Crippen molar-refractivity contribution in [3.63, 3.8) is 0 Å². The van der Waals surface area contributed by atoms with Crippen LogP contribution in [-0.2, 0) is 4.74 Å². The average Bonchev–Trinajstić information content (AvgIpc) is 2.43. The summed E-state index contributed by atoms with van der Waals surface area (Å²) >= 11 is 0. The Morgan fingerprint density at radius 3 is 1.60 bits per heavy atom. The molecule has 0 saturated carbocycles. The molecule has 0 fully saturated rings. The van der Waals surface area contributed by atoms with E-state index in [-0.39, 0.29) is 6.10 Å².